The van der Waals surface area contributed by atoms with Crippen LogP contribution in [0.2, 0.25) is 39.3 Å². The van der Waals surface area contributed by atoms with Crippen LogP contribution in [0.4, 0.5) is 31.5 Å². The molecule has 0 radical (unpaired) electrons. The van der Waals surface area contributed by atoms with Gasteiger partial charge in [-0.3, -0.25) is 40.5 Å². The minimum atomic E-state index is -3.02. The van der Waals surface area contributed by atoms with E-state index < -0.39 is 79.8 Å². The van der Waals surface area contributed by atoms with Gasteiger partial charge >= 0.3 is 25.7 Å². The van der Waals surface area contributed by atoms with Crippen molar-refractivity contribution in [2.24, 2.45) is 0 Å². The Kier molecular flexibility index (Phi) is 11.4. The molecular formula is C22H30F2N4O12Si3. The number of rotatable bonds is 16. The maximum atomic E-state index is 13.7. The molecule has 0 aliphatic rings. The summed E-state index contributed by atoms with van der Waals surface area (Å²) in [5.41, 5.74) is -3.55. The van der Waals surface area contributed by atoms with Crippen molar-refractivity contribution in [3.63, 3.8) is 0 Å². The maximum absolute atomic E-state index is 13.7. The highest BCUT2D eigenvalue weighted by Crippen LogP contribution is 2.32. The fourth-order valence-corrected chi connectivity index (χ4v) is 16.1. The van der Waals surface area contributed by atoms with Gasteiger partial charge in [0.05, 0.1) is 44.0 Å². The van der Waals surface area contributed by atoms with E-state index in [0.29, 0.717) is 24.3 Å². The lowest BCUT2D eigenvalue weighted by atomic mass is 10.1. The summed E-state index contributed by atoms with van der Waals surface area (Å²) >= 11 is 0. The third kappa shape index (κ3) is 10.3. The molecule has 21 heteroatoms. The van der Waals surface area contributed by atoms with Crippen molar-refractivity contribution >= 4 is 48.4 Å². The Morgan fingerprint density at radius 2 is 0.814 bits per heavy atom. The number of hydrogen-bond acceptors (Lipinski definition) is 12. The Morgan fingerprint density at radius 3 is 1.05 bits per heavy atom. The molecule has 0 saturated carbocycles. The summed E-state index contributed by atoms with van der Waals surface area (Å²) in [6, 6.07) is 2.41. The molecule has 0 unspecified atom stereocenters. The Balaban J connectivity index is 2.06. The van der Waals surface area contributed by atoms with Crippen LogP contribution in [0.3, 0.4) is 0 Å². The molecule has 16 nitrogen and oxygen atoms in total. The first-order valence-electron chi connectivity index (χ1n) is 12.6. The molecule has 0 saturated heterocycles. The lowest BCUT2D eigenvalue weighted by Gasteiger charge is -2.37. The van der Waals surface area contributed by atoms with Gasteiger partial charge in [0.1, 0.15) is 22.8 Å². The van der Waals surface area contributed by atoms with E-state index in [9.17, 15) is 49.2 Å². The van der Waals surface area contributed by atoms with E-state index >= 15 is 0 Å². The molecule has 2 aromatic carbocycles. The van der Waals surface area contributed by atoms with Gasteiger partial charge in [-0.2, -0.15) is 0 Å². The molecule has 0 atom stereocenters. The average molecular weight is 665 g/mol. The van der Waals surface area contributed by atoms with Crippen molar-refractivity contribution in [2.75, 3.05) is 13.2 Å². The fraction of sp³-hybridized carbons (Fsp3) is 0.455. The first-order valence-corrected chi connectivity index (χ1v) is 21.0. The number of nitro groups is 4. The van der Waals surface area contributed by atoms with Gasteiger partial charge in [0.15, 0.2) is 0 Å². The third-order valence-electron chi connectivity index (χ3n) is 5.71. The maximum Gasteiger partial charge on any atom is 0.322 e. The van der Waals surface area contributed by atoms with E-state index in [4.69, 9.17) is 17.1 Å². The van der Waals surface area contributed by atoms with Crippen LogP contribution in [0.5, 0.6) is 0 Å². The molecule has 0 aromatic heterocycles. The van der Waals surface area contributed by atoms with Crippen LogP contribution in [0.25, 0.3) is 0 Å². The van der Waals surface area contributed by atoms with Crippen LogP contribution in [0.15, 0.2) is 24.3 Å². The van der Waals surface area contributed by atoms with Gasteiger partial charge in [-0.1, -0.05) is 0 Å². The summed E-state index contributed by atoms with van der Waals surface area (Å²) < 4.78 is 51.5. The predicted molar refractivity (Wildman–Crippen MR) is 153 cm³/mol. The van der Waals surface area contributed by atoms with Crippen molar-refractivity contribution < 1.29 is 45.6 Å². The van der Waals surface area contributed by atoms with Crippen molar-refractivity contribution in [3.05, 3.63) is 87.5 Å². The van der Waals surface area contributed by atoms with Crippen LogP contribution < -0.4 is 0 Å². The lowest BCUT2D eigenvalue weighted by molar-refractivity contribution is -0.396. The summed E-state index contributed by atoms with van der Waals surface area (Å²) in [6.45, 7) is 9.67. The third-order valence-corrected chi connectivity index (χ3v) is 15.4. The topological polar surface area (TPSA) is 209 Å². The number of halogens is 2. The van der Waals surface area contributed by atoms with Crippen LogP contribution >= 0.6 is 0 Å². The van der Waals surface area contributed by atoms with Gasteiger partial charge in [0.2, 0.25) is 0 Å². The second-order valence-corrected chi connectivity index (χ2v) is 21.1. The number of nitrogens with zero attached hydrogens (tertiary/aromatic N) is 4. The Bertz CT molecular complexity index is 1250. The molecule has 0 aliphatic heterocycles. The van der Waals surface area contributed by atoms with Crippen LogP contribution in [0, 0.1) is 52.1 Å². The van der Waals surface area contributed by atoms with E-state index in [1.165, 1.54) is 0 Å². The monoisotopic (exact) mass is 664 g/mol. The van der Waals surface area contributed by atoms with E-state index in [0.717, 1.165) is 0 Å². The van der Waals surface area contributed by atoms with Gasteiger partial charge < -0.3 is 17.1 Å². The van der Waals surface area contributed by atoms with Gasteiger partial charge in [-0.05, 0) is 39.3 Å². The molecule has 0 N–H and O–H groups in total. The molecule has 0 bridgehead atoms. The quantitative estimate of drug-likeness (QED) is 0.123. The summed E-state index contributed by atoms with van der Waals surface area (Å²) in [4.78, 5) is 41.8. The second-order valence-electron chi connectivity index (χ2n) is 10.5. The smallest absolute Gasteiger partial charge is 0.322 e. The zero-order chi connectivity index (χ0) is 32.9. The van der Waals surface area contributed by atoms with Crippen molar-refractivity contribution in [1.29, 1.82) is 0 Å². The Morgan fingerprint density at radius 1 is 0.558 bits per heavy atom. The lowest BCUT2D eigenvalue weighted by Crippen LogP contribution is -2.54. The van der Waals surface area contributed by atoms with E-state index in [2.05, 4.69) is 0 Å². The highest BCUT2D eigenvalue weighted by atomic mass is 28.5. The highest BCUT2D eigenvalue weighted by Gasteiger charge is 2.42. The number of hydrogen-bond donors (Lipinski definition) is 0. The van der Waals surface area contributed by atoms with E-state index in [-0.39, 0.29) is 37.2 Å². The average Bonchev–Trinajstić information content (AvgIpc) is 2.82. The van der Waals surface area contributed by atoms with Crippen LogP contribution in [-0.2, 0) is 29.9 Å². The molecular weight excluding hydrogens is 635 g/mol. The first-order chi connectivity index (χ1) is 19.6. The summed E-state index contributed by atoms with van der Waals surface area (Å²) in [7, 11) is -9.06. The van der Waals surface area contributed by atoms with Crippen molar-refractivity contribution in [2.45, 2.75) is 52.1 Å². The minimum absolute atomic E-state index is 0.205. The highest BCUT2D eigenvalue weighted by molar-refractivity contribution is 6.84. The van der Waals surface area contributed by atoms with Gasteiger partial charge in [0, 0.05) is 26.1 Å². The SMILES string of the molecule is C[Si](C)(OCCc1c([N+](=O)[O-])cc(F)cc1[N+](=O)[O-])O[Si](C)(C)O[Si](C)(C)OCCc1c([N+](=O)[O-])cc(F)cc1[N+](=O)[O-]. The zero-order valence-electron chi connectivity index (χ0n) is 24.1. The predicted octanol–water partition coefficient (Wildman–Crippen LogP) is 5.55. The fourth-order valence-electron chi connectivity index (χ4n) is 4.44. The second kappa shape index (κ2) is 13.8. The van der Waals surface area contributed by atoms with E-state index in [1.807, 2.05) is 0 Å². The molecule has 0 aliphatic carbocycles. The Hall–Kier alpha value is -3.61. The molecule has 0 fully saturated rings. The number of nitro benzene ring substituents is 4. The summed E-state index contributed by atoms with van der Waals surface area (Å²) in [5, 5.41) is 45.4. The molecule has 0 amide bonds. The molecule has 0 spiro atoms. The minimum Gasteiger partial charge on any atom is -0.415 e. The molecule has 43 heavy (non-hydrogen) atoms. The first kappa shape index (κ1) is 35.6. The molecule has 2 rings (SSSR count). The van der Waals surface area contributed by atoms with Crippen LogP contribution in [-0.4, -0.2) is 58.6 Å². The van der Waals surface area contributed by atoms with Crippen LogP contribution in [0.1, 0.15) is 11.1 Å². The van der Waals surface area contributed by atoms with Crippen molar-refractivity contribution in [1.82, 2.24) is 0 Å². The summed E-state index contributed by atoms with van der Waals surface area (Å²) in [5.74, 6) is -2.23. The van der Waals surface area contributed by atoms with Gasteiger partial charge in [-0.25, -0.2) is 8.78 Å². The standard InChI is InChI=1S/C22H30F2N4O12Si3/c1-41(2,37-9-7-17-19(25(29)30)11-15(23)12-20(17)26(31)32)39-43(5,6)40-42(3,4)38-10-8-18-21(27(33)34)13-16(24)14-22(18)28(35)36/h11-14H,7-10H2,1-6H3. The molecule has 236 valence electrons. The van der Waals surface area contributed by atoms with Gasteiger partial charge in [0.25, 0.3) is 22.7 Å². The largest absolute Gasteiger partial charge is 0.415 e. The normalized spacial score (nSPS) is 12.3. The molecule has 2 aromatic rings. The van der Waals surface area contributed by atoms with E-state index in [1.54, 1.807) is 39.3 Å². The Labute approximate surface area is 246 Å². The number of benzene rings is 2. The van der Waals surface area contributed by atoms with Crippen molar-refractivity contribution in [3.8, 4) is 0 Å². The van der Waals surface area contributed by atoms with Gasteiger partial charge in [-0.15, -0.1) is 0 Å². The molecule has 0 heterocycles. The zero-order valence-corrected chi connectivity index (χ0v) is 27.1. The summed E-state index contributed by atoms with van der Waals surface area (Å²) in [6.07, 6.45) is -0.527.